The molecule has 0 aromatic heterocycles. The van der Waals surface area contributed by atoms with Gasteiger partial charge in [-0.25, -0.2) is 10.2 Å². The van der Waals surface area contributed by atoms with Crippen molar-refractivity contribution in [3.05, 3.63) is 92.4 Å². The summed E-state index contributed by atoms with van der Waals surface area (Å²) in [5, 5.41) is 6.40. The van der Waals surface area contributed by atoms with Crippen LogP contribution in [0.3, 0.4) is 0 Å². The highest BCUT2D eigenvalue weighted by Gasteiger charge is 2.13. The summed E-state index contributed by atoms with van der Waals surface area (Å²) in [6, 6.07) is 18.5. The van der Waals surface area contributed by atoms with Crippen LogP contribution in [0.5, 0.6) is 11.5 Å². The Kier molecular flexibility index (Phi) is 8.94. The van der Waals surface area contributed by atoms with Crippen LogP contribution >= 0.6 is 31.9 Å². The number of hydrogen-bond donors (Lipinski definition) is 2. The van der Waals surface area contributed by atoms with Crippen molar-refractivity contribution in [2.45, 2.75) is 0 Å². The van der Waals surface area contributed by atoms with E-state index in [4.69, 9.17) is 9.47 Å². The van der Waals surface area contributed by atoms with E-state index in [0.717, 1.165) is 4.47 Å². The lowest BCUT2D eigenvalue weighted by Crippen LogP contribution is -2.35. The van der Waals surface area contributed by atoms with Gasteiger partial charge in [-0.05, 0) is 70.0 Å². The lowest BCUT2D eigenvalue weighted by molar-refractivity contribution is -0.120. The van der Waals surface area contributed by atoms with Gasteiger partial charge in [-0.2, -0.15) is 5.10 Å². The van der Waals surface area contributed by atoms with E-state index in [0.29, 0.717) is 26.9 Å². The molecule has 2 amide bonds. The van der Waals surface area contributed by atoms with Crippen molar-refractivity contribution in [2.75, 3.05) is 13.7 Å². The Morgan fingerprint density at radius 3 is 2.50 bits per heavy atom. The molecule has 8 nitrogen and oxygen atoms in total. The third-order valence-electron chi connectivity index (χ3n) is 4.38. The van der Waals surface area contributed by atoms with E-state index in [1.165, 1.54) is 13.3 Å². The zero-order chi connectivity index (χ0) is 24.5. The molecular weight excluding hydrogens is 570 g/mol. The second kappa shape index (κ2) is 12.1. The highest BCUT2D eigenvalue weighted by Crippen LogP contribution is 2.28. The van der Waals surface area contributed by atoms with Gasteiger partial charge in [0.15, 0.2) is 11.5 Å². The van der Waals surface area contributed by atoms with Crippen molar-refractivity contribution < 1.29 is 23.9 Å². The minimum absolute atomic E-state index is 0.239. The van der Waals surface area contributed by atoms with Gasteiger partial charge < -0.3 is 14.8 Å². The first kappa shape index (κ1) is 25.1. The molecule has 0 radical (unpaired) electrons. The summed E-state index contributed by atoms with van der Waals surface area (Å²) >= 11 is 6.61. The topological polar surface area (TPSA) is 106 Å². The predicted molar refractivity (Wildman–Crippen MR) is 134 cm³/mol. The lowest BCUT2D eigenvalue weighted by Gasteiger charge is -2.10. The SMILES string of the molecule is COc1cc(/C=N/NC(=O)CNC(=O)c2ccccc2Br)ccc1OC(=O)c1cccc(Br)c1. The molecule has 0 fully saturated rings. The molecule has 174 valence electrons. The molecule has 3 rings (SSSR count). The molecule has 2 N–H and O–H groups in total. The van der Waals surface area contributed by atoms with Crippen LogP contribution in [-0.4, -0.2) is 37.7 Å². The molecule has 10 heteroatoms. The number of amides is 2. The van der Waals surface area contributed by atoms with Gasteiger partial charge in [0, 0.05) is 8.95 Å². The van der Waals surface area contributed by atoms with Crippen LogP contribution in [0.15, 0.2) is 80.8 Å². The van der Waals surface area contributed by atoms with Crippen molar-refractivity contribution in [3.8, 4) is 11.5 Å². The van der Waals surface area contributed by atoms with Crippen molar-refractivity contribution in [3.63, 3.8) is 0 Å². The Bertz CT molecular complexity index is 1250. The van der Waals surface area contributed by atoms with Gasteiger partial charge >= 0.3 is 5.97 Å². The molecule has 0 saturated carbocycles. The van der Waals surface area contributed by atoms with E-state index in [9.17, 15) is 14.4 Å². The van der Waals surface area contributed by atoms with Crippen molar-refractivity contribution in [1.29, 1.82) is 0 Å². The molecule has 0 bridgehead atoms. The molecule has 0 aliphatic carbocycles. The molecule has 0 atom stereocenters. The maximum absolute atomic E-state index is 12.4. The smallest absolute Gasteiger partial charge is 0.343 e. The number of carbonyl (C=O) groups excluding carboxylic acids is 3. The number of carbonyl (C=O) groups is 3. The van der Waals surface area contributed by atoms with Gasteiger partial charge in [0.1, 0.15) is 0 Å². The first-order chi connectivity index (χ1) is 16.4. The Morgan fingerprint density at radius 1 is 0.971 bits per heavy atom. The maximum atomic E-state index is 12.4. The van der Waals surface area contributed by atoms with E-state index >= 15 is 0 Å². The molecule has 0 heterocycles. The van der Waals surface area contributed by atoms with Gasteiger partial charge in [-0.3, -0.25) is 9.59 Å². The van der Waals surface area contributed by atoms with E-state index < -0.39 is 11.9 Å². The Balaban J connectivity index is 1.55. The van der Waals surface area contributed by atoms with E-state index in [1.54, 1.807) is 66.7 Å². The number of nitrogens with zero attached hydrogens (tertiary/aromatic N) is 1. The van der Waals surface area contributed by atoms with Gasteiger partial charge in [0.2, 0.25) is 0 Å². The van der Waals surface area contributed by atoms with Gasteiger partial charge in [-0.15, -0.1) is 0 Å². The summed E-state index contributed by atoms with van der Waals surface area (Å²) in [4.78, 5) is 36.5. The number of ether oxygens (including phenoxy) is 2. The average Bonchev–Trinajstić information content (AvgIpc) is 2.83. The Labute approximate surface area is 212 Å². The van der Waals surface area contributed by atoms with Gasteiger partial charge in [-0.1, -0.05) is 34.1 Å². The van der Waals surface area contributed by atoms with Crippen LogP contribution in [0.2, 0.25) is 0 Å². The fourth-order valence-electron chi connectivity index (χ4n) is 2.74. The number of hydrogen-bond acceptors (Lipinski definition) is 6. The third-order valence-corrected chi connectivity index (χ3v) is 5.57. The number of nitrogens with one attached hydrogen (secondary N) is 2. The summed E-state index contributed by atoms with van der Waals surface area (Å²) in [7, 11) is 1.45. The fourth-order valence-corrected chi connectivity index (χ4v) is 3.61. The van der Waals surface area contributed by atoms with E-state index in [-0.39, 0.29) is 18.2 Å². The number of methoxy groups -OCH3 is 1. The molecule has 0 aliphatic rings. The molecular formula is C24H19Br2N3O5. The monoisotopic (exact) mass is 587 g/mol. The quantitative estimate of drug-likeness (QED) is 0.176. The molecule has 0 spiro atoms. The molecule has 3 aromatic carbocycles. The summed E-state index contributed by atoms with van der Waals surface area (Å²) in [5.41, 5.74) is 3.74. The highest BCUT2D eigenvalue weighted by molar-refractivity contribution is 9.10. The number of hydrazone groups is 1. The molecule has 34 heavy (non-hydrogen) atoms. The molecule has 0 unspecified atom stereocenters. The number of benzene rings is 3. The molecule has 0 aliphatic heterocycles. The number of rotatable bonds is 8. The van der Waals surface area contributed by atoms with Crippen LogP contribution in [0, 0.1) is 0 Å². The summed E-state index contributed by atoms with van der Waals surface area (Å²) < 4.78 is 12.1. The minimum Gasteiger partial charge on any atom is -0.493 e. The maximum Gasteiger partial charge on any atom is 0.343 e. The normalized spacial score (nSPS) is 10.6. The van der Waals surface area contributed by atoms with Gasteiger partial charge in [0.05, 0.1) is 31.0 Å². The van der Waals surface area contributed by atoms with E-state index in [1.807, 2.05) is 0 Å². The average molecular weight is 589 g/mol. The van der Waals surface area contributed by atoms with E-state index in [2.05, 4.69) is 47.7 Å². The minimum atomic E-state index is -0.530. The Hall–Kier alpha value is -3.50. The van der Waals surface area contributed by atoms with Crippen LogP contribution in [0.25, 0.3) is 0 Å². The molecule has 3 aromatic rings. The second-order valence-electron chi connectivity index (χ2n) is 6.77. The van der Waals surface area contributed by atoms with Crippen LogP contribution < -0.4 is 20.2 Å². The zero-order valence-electron chi connectivity index (χ0n) is 17.9. The summed E-state index contributed by atoms with van der Waals surface area (Å²) in [6.07, 6.45) is 1.40. The summed E-state index contributed by atoms with van der Waals surface area (Å²) in [6.45, 7) is -0.245. The largest absolute Gasteiger partial charge is 0.493 e. The van der Waals surface area contributed by atoms with Crippen molar-refractivity contribution >= 4 is 55.9 Å². The fraction of sp³-hybridized carbons (Fsp3) is 0.0833. The number of esters is 1. The molecule has 0 saturated heterocycles. The zero-order valence-corrected chi connectivity index (χ0v) is 21.1. The first-order valence-corrected chi connectivity index (χ1v) is 11.5. The van der Waals surface area contributed by atoms with Gasteiger partial charge in [0.25, 0.3) is 11.8 Å². The van der Waals surface area contributed by atoms with Crippen LogP contribution in [0.1, 0.15) is 26.3 Å². The second-order valence-corrected chi connectivity index (χ2v) is 8.54. The lowest BCUT2D eigenvalue weighted by atomic mass is 10.2. The van der Waals surface area contributed by atoms with Crippen molar-refractivity contribution in [1.82, 2.24) is 10.7 Å². The number of halogens is 2. The predicted octanol–water partition coefficient (Wildman–Crippen LogP) is 4.32. The van der Waals surface area contributed by atoms with Crippen LogP contribution in [-0.2, 0) is 4.79 Å². The van der Waals surface area contributed by atoms with Crippen molar-refractivity contribution in [2.24, 2.45) is 5.10 Å². The first-order valence-electron chi connectivity index (χ1n) is 9.88. The van der Waals surface area contributed by atoms with Crippen LogP contribution in [0.4, 0.5) is 0 Å². The summed E-state index contributed by atoms with van der Waals surface area (Å²) in [5.74, 6) is -0.854. The standard InChI is InChI=1S/C24H19Br2N3O5/c1-33-21-11-15(9-10-20(21)34-24(32)16-5-4-6-17(25)12-16)13-28-29-22(30)14-27-23(31)18-7-2-3-8-19(18)26/h2-13H,14H2,1H3,(H,27,31)(H,29,30)/b28-13+. The third kappa shape index (κ3) is 7.00. The Morgan fingerprint density at radius 2 is 1.76 bits per heavy atom. The highest BCUT2D eigenvalue weighted by atomic mass is 79.9.